The Morgan fingerprint density at radius 1 is 0.451 bits per heavy atom. The molecule has 0 amide bonds. The van der Waals surface area contributed by atoms with E-state index in [0.29, 0.717) is 7.25 Å². The summed E-state index contributed by atoms with van der Waals surface area (Å²) in [5, 5.41) is 2.99. The molecule has 2 heterocycles. The second kappa shape index (κ2) is 13.5. The molecule has 2 aromatic heterocycles. The normalized spacial score (nSPS) is 16.7. The SMILES string of the molecule is C[Si](C)(C)c1ccc(-c2cccc3c2C=C(c2ccccn2)[CH]3[Zr][CH]2C(c3ccccn3)=Cc3c(-c4ccc([Si](C)(C)C)cc4)cccc32)cc1. The van der Waals surface area contributed by atoms with Crippen LogP contribution in [0.5, 0.6) is 0 Å². The summed E-state index contributed by atoms with van der Waals surface area (Å²) in [7, 11) is -2.77. The Bertz CT molecular complexity index is 2120. The molecule has 2 nitrogen and oxygen atoms in total. The molecule has 2 atom stereocenters. The van der Waals surface area contributed by atoms with Gasteiger partial charge in [-0.3, -0.25) is 0 Å². The van der Waals surface area contributed by atoms with Crippen molar-refractivity contribution < 1.29 is 23.2 Å². The third kappa shape index (κ3) is 6.61. The number of aromatic nitrogens is 2. The number of rotatable bonds is 8. The minimum absolute atomic E-state index is 0.349. The molecule has 6 aromatic rings. The fourth-order valence-corrected chi connectivity index (χ4v) is 14.9. The number of pyridine rings is 2. The van der Waals surface area contributed by atoms with Crippen molar-refractivity contribution in [3.8, 4) is 22.3 Å². The zero-order valence-corrected chi connectivity index (χ0v) is 34.9. The van der Waals surface area contributed by atoms with Gasteiger partial charge in [0.25, 0.3) is 0 Å². The molecule has 0 N–H and O–H groups in total. The minimum atomic E-state index is -1.39. The molecule has 250 valence electrons. The van der Waals surface area contributed by atoms with E-state index >= 15 is 0 Å². The zero-order chi connectivity index (χ0) is 35.3. The number of fused-ring (bicyclic) bond motifs is 2. The van der Waals surface area contributed by atoms with Gasteiger partial charge < -0.3 is 0 Å². The molecular weight excluding hydrogens is 728 g/mol. The van der Waals surface area contributed by atoms with E-state index in [1.54, 1.807) is 0 Å². The molecule has 0 bridgehead atoms. The van der Waals surface area contributed by atoms with E-state index in [4.69, 9.17) is 9.97 Å². The van der Waals surface area contributed by atoms with E-state index in [1.807, 2.05) is 24.5 Å². The Kier molecular flexibility index (Phi) is 9.03. The Balaban J connectivity index is 1.24. The molecule has 51 heavy (non-hydrogen) atoms. The van der Waals surface area contributed by atoms with Gasteiger partial charge in [-0.1, -0.05) is 0 Å². The Morgan fingerprint density at radius 2 is 0.863 bits per heavy atom. The van der Waals surface area contributed by atoms with E-state index in [1.165, 1.54) is 66.0 Å². The molecule has 5 heteroatoms. The predicted octanol–water partition coefficient (Wildman–Crippen LogP) is 10.9. The van der Waals surface area contributed by atoms with Gasteiger partial charge in [-0.05, 0) is 0 Å². The van der Waals surface area contributed by atoms with Crippen molar-refractivity contribution in [2.75, 3.05) is 0 Å². The van der Waals surface area contributed by atoms with Crippen LogP contribution in [-0.2, 0) is 23.2 Å². The Hall–Kier alpha value is -4.02. The van der Waals surface area contributed by atoms with Crippen molar-refractivity contribution in [3.63, 3.8) is 0 Å². The van der Waals surface area contributed by atoms with Gasteiger partial charge in [0.15, 0.2) is 0 Å². The third-order valence-electron chi connectivity index (χ3n) is 10.5. The van der Waals surface area contributed by atoms with E-state index < -0.39 is 39.4 Å². The van der Waals surface area contributed by atoms with Crippen LogP contribution in [0.3, 0.4) is 0 Å². The van der Waals surface area contributed by atoms with Crippen LogP contribution in [0.4, 0.5) is 0 Å². The van der Waals surface area contributed by atoms with Gasteiger partial charge in [0.1, 0.15) is 0 Å². The van der Waals surface area contributed by atoms with E-state index in [-0.39, 0.29) is 0 Å². The Morgan fingerprint density at radius 3 is 1.22 bits per heavy atom. The van der Waals surface area contributed by atoms with Crippen LogP contribution >= 0.6 is 0 Å². The van der Waals surface area contributed by atoms with Gasteiger partial charge in [0.05, 0.1) is 0 Å². The van der Waals surface area contributed by atoms with Crippen LogP contribution in [-0.4, -0.2) is 26.1 Å². The van der Waals surface area contributed by atoms with Crippen molar-refractivity contribution in [3.05, 3.63) is 167 Å². The first-order chi connectivity index (χ1) is 24.6. The molecule has 2 unspecified atom stereocenters. The number of allylic oxidation sites excluding steroid dienone is 2. The molecule has 0 spiro atoms. The summed E-state index contributed by atoms with van der Waals surface area (Å²) in [6.07, 6.45) is 8.84. The standard InChI is InChI=1S/2C23H22NSi.Zr/c2*1-25(2,3)20-12-10-17(11-13-20)21-8-6-7-18-15-19(16-22(18)21)23-9-4-5-14-24-23;/h2*4-16H,1-3H3;. The third-order valence-corrected chi connectivity index (χ3v) is 19.3. The summed E-state index contributed by atoms with van der Waals surface area (Å²) in [6.45, 7) is 14.5. The summed E-state index contributed by atoms with van der Waals surface area (Å²) in [6, 6.07) is 45.5. The van der Waals surface area contributed by atoms with Crippen LogP contribution < -0.4 is 10.4 Å². The fraction of sp³-hybridized carbons (Fsp3) is 0.174. The number of hydrogen-bond acceptors (Lipinski definition) is 2. The van der Waals surface area contributed by atoms with Crippen LogP contribution in [0.1, 0.15) is 40.9 Å². The van der Waals surface area contributed by atoms with Gasteiger partial charge in [-0.2, -0.15) is 0 Å². The first-order valence-corrected chi connectivity index (χ1v) is 27.9. The Labute approximate surface area is 317 Å². The summed E-state index contributed by atoms with van der Waals surface area (Å²) < 4.78 is 0.699. The van der Waals surface area contributed by atoms with E-state index in [2.05, 4.69) is 161 Å². The molecule has 2 aliphatic carbocycles. The van der Waals surface area contributed by atoms with E-state index in [0.717, 1.165) is 11.4 Å². The van der Waals surface area contributed by atoms with Crippen LogP contribution in [0.25, 0.3) is 45.6 Å². The second-order valence-electron chi connectivity index (χ2n) is 15.9. The molecular formula is C46H44N2Si2Zr. The topological polar surface area (TPSA) is 25.8 Å². The van der Waals surface area contributed by atoms with Gasteiger partial charge >= 0.3 is 319 Å². The molecule has 8 rings (SSSR count). The number of benzene rings is 4. The van der Waals surface area contributed by atoms with Crippen molar-refractivity contribution in [2.45, 2.75) is 46.5 Å². The molecule has 0 aliphatic heterocycles. The first-order valence-electron chi connectivity index (χ1n) is 18.1. The average molecular weight is 772 g/mol. The van der Waals surface area contributed by atoms with Crippen molar-refractivity contribution in [2.24, 2.45) is 0 Å². The van der Waals surface area contributed by atoms with Gasteiger partial charge in [0.2, 0.25) is 0 Å². The van der Waals surface area contributed by atoms with Crippen molar-refractivity contribution >= 4 is 49.8 Å². The fourth-order valence-electron chi connectivity index (χ4n) is 7.64. The maximum atomic E-state index is 4.95. The summed E-state index contributed by atoms with van der Waals surface area (Å²) >= 11 is -1.29. The van der Waals surface area contributed by atoms with Crippen LogP contribution in [0, 0.1) is 0 Å². The second-order valence-corrected chi connectivity index (χ2v) is 29.7. The summed E-state index contributed by atoms with van der Waals surface area (Å²) in [5.74, 6) is 0. The molecule has 0 fully saturated rings. The van der Waals surface area contributed by atoms with Crippen molar-refractivity contribution in [1.29, 1.82) is 0 Å². The quantitative estimate of drug-likeness (QED) is 0.144. The van der Waals surface area contributed by atoms with E-state index in [9.17, 15) is 0 Å². The summed E-state index contributed by atoms with van der Waals surface area (Å²) in [4.78, 5) is 9.90. The number of nitrogens with zero attached hydrogens (tertiary/aromatic N) is 2. The molecule has 0 radical (unpaired) electrons. The first kappa shape index (κ1) is 34.1. The zero-order valence-electron chi connectivity index (χ0n) is 30.4. The van der Waals surface area contributed by atoms with Crippen LogP contribution in [0.2, 0.25) is 39.3 Å². The predicted molar refractivity (Wildman–Crippen MR) is 219 cm³/mol. The van der Waals surface area contributed by atoms with Gasteiger partial charge in [0, 0.05) is 0 Å². The molecule has 2 aliphatic rings. The monoisotopic (exact) mass is 770 g/mol. The molecule has 4 aromatic carbocycles. The summed E-state index contributed by atoms with van der Waals surface area (Å²) in [5.41, 5.74) is 15.8. The van der Waals surface area contributed by atoms with Crippen LogP contribution in [0.15, 0.2) is 134 Å². The van der Waals surface area contributed by atoms with Crippen molar-refractivity contribution in [1.82, 2.24) is 9.97 Å². The average Bonchev–Trinajstić information content (AvgIpc) is 3.70. The number of hydrogen-bond donors (Lipinski definition) is 0. The van der Waals surface area contributed by atoms with Gasteiger partial charge in [-0.25, -0.2) is 0 Å². The molecule has 0 saturated carbocycles. The maximum absolute atomic E-state index is 4.95. The molecule has 0 saturated heterocycles. The van der Waals surface area contributed by atoms with Gasteiger partial charge in [-0.15, -0.1) is 0 Å².